The van der Waals surface area contributed by atoms with Crippen LogP contribution in [0.25, 0.3) is 0 Å². The van der Waals surface area contributed by atoms with Crippen LogP contribution in [0.5, 0.6) is 0 Å². The second-order valence-corrected chi connectivity index (χ2v) is 5.69. The molecule has 1 aromatic carbocycles. The number of halogens is 1. The van der Waals surface area contributed by atoms with Gasteiger partial charge in [0.2, 0.25) is 0 Å². The maximum atomic E-state index is 11.9. The van der Waals surface area contributed by atoms with Gasteiger partial charge in [0.15, 0.2) is 0 Å². The van der Waals surface area contributed by atoms with E-state index in [1.807, 2.05) is 39.0 Å². The van der Waals surface area contributed by atoms with Gasteiger partial charge in [-0.1, -0.05) is 17.7 Å². The van der Waals surface area contributed by atoms with E-state index < -0.39 is 5.60 Å². The molecule has 1 amide bonds. The van der Waals surface area contributed by atoms with Crippen LogP contribution in [0.1, 0.15) is 31.9 Å². The Morgan fingerprint density at radius 3 is 2.59 bits per heavy atom. The smallest absolute Gasteiger partial charge is 0.410 e. The Kier molecular flexibility index (Phi) is 3.04. The summed E-state index contributed by atoms with van der Waals surface area (Å²) in [5.74, 6) is 0. The van der Waals surface area contributed by atoms with Crippen molar-refractivity contribution in [2.75, 3.05) is 0 Å². The summed E-state index contributed by atoms with van der Waals surface area (Å²) >= 11 is 5.92. The molecule has 0 saturated heterocycles. The van der Waals surface area contributed by atoms with Crippen LogP contribution < -0.4 is 0 Å². The van der Waals surface area contributed by atoms with E-state index in [-0.39, 0.29) is 6.09 Å². The van der Waals surface area contributed by atoms with Crippen LogP contribution in [0.4, 0.5) is 4.79 Å². The second kappa shape index (κ2) is 4.22. The van der Waals surface area contributed by atoms with Gasteiger partial charge in [-0.05, 0) is 44.0 Å². The molecule has 1 aromatic rings. The zero-order valence-corrected chi connectivity index (χ0v) is 11.0. The number of hydrogen-bond donors (Lipinski definition) is 0. The summed E-state index contributed by atoms with van der Waals surface area (Å²) < 4.78 is 5.34. The summed E-state index contributed by atoms with van der Waals surface area (Å²) in [6.45, 7) is 6.77. The molecule has 0 spiro atoms. The van der Waals surface area contributed by atoms with Gasteiger partial charge in [0, 0.05) is 18.1 Å². The van der Waals surface area contributed by atoms with Crippen molar-refractivity contribution in [3.05, 3.63) is 34.3 Å². The van der Waals surface area contributed by atoms with Gasteiger partial charge in [-0.3, -0.25) is 4.90 Å². The summed E-state index contributed by atoms with van der Waals surface area (Å²) in [4.78, 5) is 13.6. The molecule has 92 valence electrons. The highest BCUT2D eigenvalue weighted by molar-refractivity contribution is 6.30. The minimum Gasteiger partial charge on any atom is -0.444 e. The van der Waals surface area contributed by atoms with E-state index in [2.05, 4.69) is 0 Å². The summed E-state index contributed by atoms with van der Waals surface area (Å²) in [5.41, 5.74) is 1.78. The molecule has 0 bridgehead atoms. The van der Waals surface area contributed by atoms with Crippen molar-refractivity contribution < 1.29 is 9.53 Å². The molecule has 0 aromatic heterocycles. The molecule has 0 radical (unpaired) electrons. The van der Waals surface area contributed by atoms with E-state index in [0.29, 0.717) is 18.1 Å². The van der Waals surface area contributed by atoms with Gasteiger partial charge in [0.05, 0.1) is 0 Å². The molecular formula is C13H16ClNO2. The fraction of sp³-hybridized carbons (Fsp3) is 0.462. The first-order valence-electron chi connectivity index (χ1n) is 5.60. The number of benzene rings is 1. The van der Waals surface area contributed by atoms with Crippen molar-refractivity contribution in [1.82, 2.24) is 4.90 Å². The van der Waals surface area contributed by atoms with Crippen LogP contribution in [0.15, 0.2) is 18.2 Å². The minimum absolute atomic E-state index is 0.273. The summed E-state index contributed by atoms with van der Waals surface area (Å²) in [6, 6.07) is 5.71. The van der Waals surface area contributed by atoms with Crippen molar-refractivity contribution in [3.8, 4) is 0 Å². The van der Waals surface area contributed by atoms with Crippen LogP contribution in [0, 0.1) is 0 Å². The molecule has 0 aliphatic carbocycles. The summed E-state index contributed by atoms with van der Waals surface area (Å²) in [5, 5.41) is 0.704. The number of hydrogen-bond acceptors (Lipinski definition) is 2. The highest BCUT2D eigenvalue weighted by Crippen LogP contribution is 2.26. The van der Waals surface area contributed by atoms with Crippen molar-refractivity contribution in [1.29, 1.82) is 0 Å². The maximum Gasteiger partial charge on any atom is 0.410 e. The molecule has 2 rings (SSSR count). The zero-order valence-electron chi connectivity index (χ0n) is 10.3. The molecule has 0 saturated carbocycles. The highest BCUT2D eigenvalue weighted by atomic mass is 35.5. The standard InChI is InChI=1S/C13H16ClNO2/c1-13(2,3)17-12(16)15-7-9-4-5-11(14)6-10(9)8-15/h4-6H,7-8H2,1-3H3. The van der Waals surface area contributed by atoms with E-state index in [4.69, 9.17) is 16.3 Å². The normalized spacial score (nSPS) is 14.7. The van der Waals surface area contributed by atoms with Gasteiger partial charge in [-0.2, -0.15) is 0 Å². The first kappa shape index (κ1) is 12.2. The Morgan fingerprint density at radius 1 is 1.29 bits per heavy atom. The van der Waals surface area contributed by atoms with Gasteiger partial charge in [-0.15, -0.1) is 0 Å². The van der Waals surface area contributed by atoms with Gasteiger partial charge in [0.1, 0.15) is 5.60 Å². The van der Waals surface area contributed by atoms with E-state index >= 15 is 0 Å². The number of amides is 1. The lowest BCUT2D eigenvalue weighted by atomic mass is 10.1. The Bertz CT molecular complexity index is 451. The fourth-order valence-corrected chi connectivity index (χ4v) is 2.01. The molecule has 1 aliphatic rings. The van der Waals surface area contributed by atoms with E-state index in [0.717, 1.165) is 11.1 Å². The third kappa shape index (κ3) is 2.91. The lowest BCUT2D eigenvalue weighted by Gasteiger charge is -2.24. The summed E-state index contributed by atoms with van der Waals surface area (Å²) in [6.07, 6.45) is -0.273. The van der Waals surface area contributed by atoms with Crippen molar-refractivity contribution in [2.45, 2.75) is 39.5 Å². The van der Waals surface area contributed by atoms with Crippen molar-refractivity contribution in [2.24, 2.45) is 0 Å². The van der Waals surface area contributed by atoms with Crippen LogP contribution in [0.2, 0.25) is 5.02 Å². The zero-order chi connectivity index (χ0) is 12.6. The quantitative estimate of drug-likeness (QED) is 0.707. The van der Waals surface area contributed by atoms with Gasteiger partial charge >= 0.3 is 6.09 Å². The number of ether oxygens (including phenoxy) is 1. The molecule has 3 nitrogen and oxygen atoms in total. The first-order valence-corrected chi connectivity index (χ1v) is 5.98. The lowest BCUT2D eigenvalue weighted by molar-refractivity contribution is 0.0242. The van der Waals surface area contributed by atoms with Crippen LogP contribution in [-0.4, -0.2) is 16.6 Å². The maximum absolute atomic E-state index is 11.9. The van der Waals surface area contributed by atoms with E-state index in [1.54, 1.807) is 4.90 Å². The largest absolute Gasteiger partial charge is 0.444 e. The van der Waals surface area contributed by atoms with Gasteiger partial charge < -0.3 is 4.74 Å². The predicted molar refractivity (Wildman–Crippen MR) is 66.9 cm³/mol. The van der Waals surface area contributed by atoms with E-state index in [1.165, 1.54) is 0 Å². The van der Waals surface area contributed by atoms with Crippen LogP contribution in [-0.2, 0) is 17.8 Å². The predicted octanol–water partition coefficient (Wildman–Crippen LogP) is 3.59. The highest BCUT2D eigenvalue weighted by Gasteiger charge is 2.27. The Labute approximate surface area is 106 Å². The topological polar surface area (TPSA) is 29.5 Å². The molecule has 0 N–H and O–H groups in total. The Balaban J connectivity index is 2.07. The second-order valence-electron chi connectivity index (χ2n) is 5.25. The molecule has 4 heteroatoms. The van der Waals surface area contributed by atoms with E-state index in [9.17, 15) is 4.79 Å². The molecule has 0 unspecified atom stereocenters. The Hall–Kier alpha value is -1.22. The average Bonchev–Trinajstić information content (AvgIpc) is 2.57. The number of carbonyl (C=O) groups is 1. The summed E-state index contributed by atoms with van der Waals surface area (Å²) in [7, 11) is 0. The molecule has 0 fully saturated rings. The van der Waals surface area contributed by atoms with Crippen molar-refractivity contribution in [3.63, 3.8) is 0 Å². The number of nitrogens with zero attached hydrogens (tertiary/aromatic N) is 1. The fourth-order valence-electron chi connectivity index (χ4n) is 1.82. The molecular weight excluding hydrogens is 238 g/mol. The van der Waals surface area contributed by atoms with Gasteiger partial charge in [0.25, 0.3) is 0 Å². The molecule has 0 atom stereocenters. The number of carbonyl (C=O) groups excluding carboxylic acids is 1. The number of rotatable bonds is 0. The first-order chi connectivity index (χ1) is 7.85. The third-order valence-electron chi connectivity index (χ3n) is 2.54. The van der Waals surface area contributed by atoms with Crippen molar-refractivity contribution >= 4 is 17.7 Å². The van der Waals surface area contributed by atoms with Crippen LogP contribution in [0.3, 0.4) is 0 Å². The molecule has 1 heterocycles. The lowest BCUT2D eigenvalue weighted by Crippen LogP contribution is -2.33. The third-order valence-corrected chi connectivity index (χ3v) is 2.78. The molecule has 1 aliphatic heterocycles. The molecule has 17 heavy (non-hydrogen) atoms. The minimum atomic E-state index is -0.455. The average molecular weight is 254 g/mol. The SMILES string of the molecule is CC(C)(C)OC(=O)N1Cc2ccc(Cl)cc2C1. The Morgan fingerprint density at radius 2 is 1.94 bits per heavy atom. The van der Waals surface area contributed by atoms with Crippen LogP contribution >= 0.6 is 11.6 Å². The van der Waals surface area contributed by atoms with Gasteiger partial charge in [-0.25, -0.2) is 4.79 Å². The monoisotopic (exact) mass is 253 g/mol. The number of fused-ring (bicyclic) bond motifs is 1.